The molecule has 1 aromatic heterocycles. The second-order valence-corrected chi connectivity index (χ2v) is 10.1. The van der Waals surface area contributed by atoms with Gasteiger partial charge in [0.2, 0.25) is 0 Å². The minimum Gasteiger partial charge on any atom is -0.442 e. The predicted molar refractivity (Wildman–Crippen MR) is 152 cm³/mol. The molecule has 40 heavy (non-hydrogen) atoms. The van der Waals surface area contributed by atoms with Crippen LogP contribution < -0.4 is 16.4 Å². The maximum Gasteiger partial charge on any atom is 0.462 e. The number of anilines is 1. The first-order valence-electron chi connectivity index (χ1n) is 12.3. The Bertz CT molecular complexity index is 1520. The summed E-state index contributed by atoms with van der Waals surface area (Å²) in [5.74, 6) is -0.00273. The first kappa shape index (κ1) is 28.4. The van der Waals surface area contributed by atoms with Gasteiger partial charge in [0.1, 0.15) is 11.6 Å². The van der Waals surface area contributed by atoms with Gasteiger partial charge in [0.05, 0.1) is 24.3 Å². The third kappa shape index (κ3) is 7.73. The number of ether oxygens (including phenoxy) is 1. The van der Waals surface area contributed by atoms with Crippen LogP contribution in [0.15, 0.2) is 57.4 Å². The number of hydrogen-bond donors (Lipinski definition) is 2. The molecule has 0 spiro atoms. The number of nitrogens with zero attached hydrogens (tertiary/aromatic N) is 7. The predicted octanol–water partition coefficient (Wildman–Crippen LogP) is 4.14. The molecule has 208 valence electrons. The summed E-state index contributed by atoms with van der Waals surface area (Å²) < 4.78 is 4.98. The summed E-state index contributed by atoms with van der Waals surface area (Å²) in [7, 11) is 0. The number of nitrogens with two attached hydrogens (primary N) is 2. The molecule has 2 aromatic carbocycles. The zero-order valence-electron chi connectivity index (χ0n) is 22.2. The highest BCUT2D eigenvalue weighted by Crippen LogP contribution is 2.32. The van der Waals surface area contributed by atoms with Gasteiger partial charge in [-0.15, -0.1) is 15.0 Å². The number of carbonyl (C=O) groups is 2. The maximum atomic E-state index is 12.0. The second-order valence-electron chi connectivity index (χ2n) is 9.70. The number of benzene rings is 2. The van der Waals surface area contributed by atoms with Crippen molar-refractivity contribution in [2.75, 3.05) is 31.1 Å². The van der Waals surface area contributed by atoms with Crippen LogP contribution in [0.5, 0.6) is 0 Å². The van der Waals surface area contributed by atoms with Gasteiger partial charge in [-0.05, 0) is 51.1 Å². The smallest absolute Gasteiger partial charge is 0.442 e. The molecule has 1 fully saturated rings. The van der Waals surface area contributed by atoms with E-state index in [4.69, 9.17) is 32.6 Å². The topological polar surface area (TPSA) is 174 Å². The number of guanidine groups is 1. The van der Waals surface area contributed by atoms with Crippen molar-refractivity contribution in [3.8, 4) is 11.3 Å². The minimum absolute atomic E-state index is 0.143. The Kier molecular flexibility index (Phi) is 8.58. The molecule has 1 saturated heterocycles. The number of hydroxylamine groups is 2. The van der Waals surface area contributed by atoms with Crippen LogP contribution >= 0.6 is 11.6 Å². The lowest BCUT2D eigenvalue weighted by atomic mass is 10.1. The number of carbonyl (C=O) groups excluding carboxylic acids is 2. The zero-order chi connectivity index (χ0) is 28.9. The Morgan fingerprint density at radius 3 is 2.42 bits per heavy atom. The Hall–Kier alpha value is -4.58. The van der Waals surface area contributed by atoms with E-state index < -0.39 is 17.8 Å². The van der Waals surface area contributed by atoms with E-state index in [-0.39, 0.29) is 11.9 Å². The molecular formula is C26H28ClN9O4. The molecule has 2 amide bonds. The first-order chi connectivity index (χ1) is 19.0. The van der Waals surface area contributed by atoms with Crippen LogP contribution in [0.1, 0.15) is 20.8 Å². The lowest BCUT2D eigenvalue weighted by Gasteiger charge is -2.34. The number of fused-ring (bicyclic) bond motifs is 1. The Morgan fingerprint density at radius 2 is 1.73 bits per heavy atom. The molecule has 0 saturated carbocycles. The van der Waals surface area contributed by atoms with Gasteiger partial charge >= 0.3 is 12.2 Å². The summed E-state index contributed by atoms with van der Waals surface area (Å²) in [5, 5.41) is 2.80. The van der Waals surface area contributed by atoms with E-state index in [1.165, 1.54) is 5.06 Å². The first-order valence-corrected chi connectivity index (χ1v) is 12.6. The highest BCUT2D eigenvalue weighted by Gasteiger charge is 2.21. The average Bonchev–Trinajstić information content (AvgIpc) is 2.87. The van der Waals surface area contributed by atoms with E-state index in [2.05, 4.69) is 29.8 Å². The van der Waals surface area contributed by atoms with E-state index >= 15 is 0 Å². The van der Waals surface area contributed by atoms with Crippen molar-refractivity contribution in [1.29, 1.82) is 0 Å². The van der Waals surface area contributed by atoms with E-state index in [0.29, 0.717) is 42.4 Å². The fraction of sp³-hybridized carbons (Fsp3) is 0.308. The minimum atomic E-state index is -0.936. The highest BCUT2D eigenvalue weighted by atomic mass is 35.5. The quantitative estimate of drug-likeness (QED) is 0.345. The standard InChI is InChI=1S/C26H28ClN9O4/c1-26(2,3)39-24(37)30-15-31-25(38)40-36-11-9-35(10-12-36)18-6-4-5-16(13-18)21-19-14-17(27)7-8-20(19)32-23(33-21)34-22(28)29/h4-8,13-14H,9-12H2,1-3H3,(H4,28,29,32,33,34). The molecule has 3 aromatic rings. The van der Waals surface area contributed by atoms with Crippen molar-refractivity contribution in [3.05, 3.63) is 47.5 Å². The van der Waals surface area contributed by atoms with Gasteiger partial charge in [0, 0.05) is 34.7 Å². The molecule has 0 unspecified atom stereocenters. The summed E-state index contributed by atoms with van der Waals surface area (Å²) in [6, 6.07) is 15.2. The summed E-state index contributed by atoms with van der Waals surface area (Å²) >= 11 is 6.26. The molecule has 0 radical (unpaired) electrons. The molecule has 14 heteroatoms. The van der Waals surface area contributed by atoms with E-state index in [0.717, 1.165) is 16.6 Å². The van der Waals surface area contributed by atoms with Crippen molar-refractivity contribution in [1.82, 2.24) is 15.0 Å². The fourth-order valence-corrected chi connectivity index (χ4v) is 4.06. The van der Waals surface area contributed by atoms with Gasteiger partial charge in [-0.3, -0.25) is 0 Å². The molecule has 1 aliphatic rings. The normalized spacial score (nSPS) is 13.8. The Balaban J connectivity index is 1.45. The van der Waals surface area contributed by atoms with Gasteiger partial charge in [-0.25, -0.2) is 19.6 Å². The largest absolute Gasteiger partial charge is 0.462 e. The molecule has 1 aliphatic heterocycles. The zero-order valence-corrected chi connectivity index (χ0v) is 22.9. The SMILES string of the molecule is CC(C)(C)OC(=O)N=C=NC(=O)ON1CCN(c2cccc(-c3nc(N=C(N)N)nc4ccc(Cl)cc34)c2)CC1. The van der Waals surface area contributed by atoms with Gasteiger partial charge in [0.25, 0.3) is 5.95 Å². The van der Waals surface area contributed by atoms with E-state index in [1.807, 2.05) is 30.3 Å². The summed E-state index contributed by atoms with van der Waals surface area (Å²) in [6.45, 7) is 7.08. The van der Waals surface area contributed by atoms with Crippen molar-refractivity contribution < 1.29 is 19.2 Å². The Morgan fingerprint density at radius 1 is 1.00 bits per heavy atom. The van der Waals surface area contributed by atoms with Crippen molar-refractivity contribution in [3.63, 3.8) is 0 Å². The van der Waals surface area contributed by atoms with Gasteiger partial charge in [-0.2, -0.15) is 4.99 Å². The number of rotatable bonds is 4. The van der Waals surface area contributed by atoms with Gasteiger partial charge in [-0.1, -0.05) is 23.7 Å². The lowest BCUT2D eigenvalue weighted by molar-refractivity contribution is -0.0983. The number of halogens is 1. The van der Waals surface area contributed by atoms with Crippen LogP contribution in [0.3, 0.4) is 0 Å². The number of amides is 2. The molecular weight excluding hydrogens is 538 g/mol. The molecule has 0 atom stereocenters. The number of aromatic nitrogens is 2. The second kappa shape index (κ2) is 12.1. The van der Waals surface area contributed by atoms with Crippen LogP contribution in [-0.2, 0) is 9.57 Å². The van der Waals surface area contributed by atoms with Crippen molar-refractivity contribution in [2.24, 2.45) is 26.4 Å². The molecule has 4 N–H and O–H groups in total. The van der Waals surface area contributed by atoms with E-state index in [9.17, 15) is 9.59 Å². The highest BCUT2D eigenvalue weighted by molar-refractivity contribution is 6.31. The van der Waals surface area contributed by atoms with Gasteiger partial charge < -0.3 is 25.9 Å². The van der Waals surface area contributed by atoms with E-state index in [1.54, 1.807) is 39.0 Å². The molecule has 2 heterocycles. The maximum absolute atomic E-state index is 12.0. The van der Waals surface area contributed by atoms with Crippen molar-refractivity contribution >= 4 is 58.3 Å². The lowest BCUT2D eigenvalue weighted by Crippen LogP contribution is -2.46. The van der Waals surface area contributed by atoms with Crippen LogP contribution in [0.25, 0.3) is 22.2 Å². The monoisotopic (exact) mass is 565 g/mol. The van der Waals surface area contributed by atoms with Crippen molar-refractivity contribution in [2.45, 2.75) is 26.4 Å². The van der Waals surface area contributed by atoms with Crippen LogP contribution in [0.4, 0.5) is 21.2 Å². The summed E-state index contributed by atoms with van der Waals surface area (Å²) in [5.41, 5.74) is 13.4. The summed E-state index contributed by atoms with van der Waals surface area (Å²) in [6.07, 6.45) is -1.83. The molecule has 0 bridgehead atoms. The molecule has 4 rings (SSSR count). The number of hydrogen-bond acceptors (Lipinski definition) is 9. The molecule has 0 aliphatic carbocycles. The van der Waals surface area contributed by atoms with Crippen LogP contribution in [0.2, 0.25) is 5.02 Å². The van der Waals surface area contributed by atoms with Crippen LogP contribution in [0, 0.1) is 0 Å². The number of piperazine rings is 1. The van der Waals surface area contributed by atoms with Gasteiger partial charge in [0.15, 0.2) is 5.96 Å². The average molecular weight is 566 g/mol. The third-order valence-corrected chi connectivity index (χ3v) is 5.72. The Labute approximate surface area is 235 Å². The third-order valence-electron chi connectivity index (χ3n) is 5.48. The molecule has 13 nitrogen and oxygen atoms in total. The van der Waals surface area contributed by atoms with Crippen LogP contribution in [-0.4, -0.2) is 71.0 Å². The summed E-state index contributed by atoms with van der Waals surface area (Å²) in [4.78, 5) is 50.6. The number of aliphatic imine (C=N–C) groups is 3. The fourth-order valence-electron chi connectivity index (χ4n) is 3.88.